The number of nitrogens with one attached hydrogen (secondary N) is 1. The molecule has 0 aliphatic heterocycles. The van der Waals surface area contributed by atoms with Crippen molar-refractivity contribution in [1.29, 1.82) is 0 Å². The number of rotatable bonds is 9. The van der Waals surface area contributed by atoms with E-state index < -0.39 is 0 Å². The van der Waals surface area contributed by atoms with Crippen LogP contribution in [0.1, 0.15) is 70.7 Å². The lowest BCUT2D eigenvalue weighted by Crippen LogP contribution is -2.17. The molecule has 0 atom stereocenters. The zero-order chi connectivity index (χ0) is 13.4. The summed E-state index contributed by atoms with van der Waals surface area (Å²) >= 11 is 0. The van der Waals surface area contributed by atoms with E-state index in [0.717, 1.165) is 32.4 Å². The number of hydrogen-bond acceptors (Lipinski definition) is 2. The third-order valence-corrected chi connectivity index (χ3v) is 3.50. The summed E-state index contributed by atoms with van der Waals surface area (Å²) in [4.78, 5) is 0. The fraction of sp³-hybridized carbons (Fsp3) is 0.800. The van der Waals surface area contributed by atoms with Crippen molar-refractivity contribution in [2.75, 3.05) is 6.54 Å². The fourth-order valence-electron chi connectivity index (χ4n) is 2.43. The first-order valence-electron chi connectivity index (χ1n) is 7.54. The molecular weight excluding hydrogens is 222 g/mol. The highest BCUT2D eigenvalue weighted by atomic mass is 15.3. The molecule has 0 unspecified atom stereocenters. The summed E-state index contributed by atoms with van der Waals surface area (Å²) in [6.07, 6.45) is 7.90. The molecule has 0 aliphatic carbocycles. The predicted octanol–water partition coefficient (Wildman–Crippen LogP) is 3.70. The molecule has 18 heavy (non-hydrogen) atoms. The quantitative estimate of drug-likeness (QED) is 0.678. The molecule has 0 fully saturated rings. The van der Waals surface area contributed by atoms with Gasteiger partial charge in [0.25, 0.3) is 0 Å². The van der Waals surface area contributed by atoms with Crippen molar-refractivity contribution in [3.8, 4) is 0 Å². The third-order valence-electron chi connectivity index (χ3n) is 3.50. The summed E-state index contributed by atoms with van der Waals surface area (Å²) in [6, 6.07) is 0.562. The first-order chi connectivity index (χ1) is 8.78. The van der Waals surface area contributed by atoms with Crippen LogP contribution in [0.3, 0.4) is 0 Å². The zero-order valence-electron chi connectivity index (χ0n) is 12.5. The van der Waals surface area contributed by atoms with Gasteiger partial charge in [-0.25, -0.2) is 0 Å². The van der Waals surface area contributed by atoms with Crippen LogP contribution in [0.5, 0.6) is 0 Å². The molecular formula is C15H29N3. The summed E-state index contributed by atoms with van der Waals surface area (Å²) in [5.74, 6) is 0. The second-order valence-corrected chi connectivity index (χ2v) is 4.96. The summed E-state index contributed by atoms with van der Waals surface area (Å²) in [5.41, 5.74) is 2.83. The Morgan fingerprint density at radius 1 is 1.17 bits per heavy atom. The highest BCUT2D eigenvalue weighted by molar-refractivity contribution is 5.18. The average Bonchev–Trinajstić information content (AvgIpc) is 2.76. The molecule has 0 amide bonds. The van der Waals surface area contributed by atoms with Crippen LogP contribution >= 0.6 is 0 Å². The van der Waals surface area contributed by atoms with Gasteiger partial charge in [0.2, 0.25) is 0 Å². The Balaban J connectivity index is 2.83. The van der Waals surface area contributed by atoms with Crippen LogP contribution in [0.25, 0.3) is 0 Å². The molecule has 3 nitrogen and oxygen atoms in total. The molecule has 0 bridgehead atoms. The minimum absolute atomic E-state index is 0.562. The Labute approximate surface area is 112 Å². The second kappa shape index (κ2) is 8.30. The van der Waals surface area contributed by atoms with Crippen molar-refractivity contribution in [1.82, 2.24) is 15.1 Å². The Bertz CT molecular complexity index is 326. The van der Waals surface area contributed by atoms with Gasteiger partial charge < -0.3 is 5.32 Å². The van der Waals surface area contributed by atoms with Gasteiger partial charge in [0.05, 0.1) is 12.2 Å². The van der Waals surface area contributed by atoms with E-state index in [1.54, 1.807) is 0 Å². The molecule has 3 heteroatoms. The third kappa shape index (κ3) is 3.84. The first-order valence-corrected chi connectivity index (χ1v) is 7.54. The topological polar surface area (TPSA) is 29.9 Å². The van der Waals surface area contributed by atoms with E-state index in [4.69, 9.17) is 0 Å². The monoisotopic (exact) mass is 251 g/mol. The molecule has 0 aromatic carbocycles. The molecule has 0 spiro atoms. The molecule has 0 aliphatic rings. The zero-order valence-corrected chi connectivity index (χ0v) is 12.5. The molecule has 1 aromatic rings. The van der Waals surface area contributed by atoms with Crippen LogP contribution in [0.15, 0.2) is 6.20 Å². The maximum absolute atomic E-state index is 4.63. The minimum atomic E-state index is 0.562. The largest absolute Gasteiger partial charge is 0.313 e. The second-order valence-electron chi connectivity index (χ2n) is 4.96. The Morgan fingerprint density at radius 3 is 2.44 bits per heavy atom. The van der Waals surface area contributed by atoms with Crippen molar-refractivity contribution in [2.24, 2.45) is 0 Å². The summed E-state index contributed by atoms with van der Waals surface area (Å²) in [5, 5.41) is 8.12. The van der Waals surface area contributed by atoms with Gasteiger partial charge >= 0.3 is 0 Å². The van der Waals surface area contributed by atoms with Crippen LogP contribution in [-0.4, -0.2) is 16.3 Å². The molecule has 1 rings (SSSR count). The van der Waals surface area contributed by atoms with E-state index in [1.165, 1.54) is 24.1 Å². The summed E-state index contributed by atoms with van der Waals surface area (Å²) in [6.45, 7) is 11.0. The summed E-state index contributed by atoms with van der Waals surface area (Å²) < 4.78 is 2.27. The van der Waals surface area contributed by atoms with Gasteiger partial charge in [-0.05, 0) is 32.2 Å². The van der Waals surface area contributed by atoms with E-state index in [0.29, 0.717) is 6.04 Å². The number of nitrogens with zero attached hydrogens (tertiary/aromatic N) is 2. The lowest BCUT2D eigenvalue weighted by Gasteiger charge is -2.17. The van der Waals surface area contributed by atoms with Crippen LogP contribution in [0.4, 0.5) is 0 Å². The van der Waals surface area contributed by atoms with Gasteiger partial charge in [-0.15, -0.1) is 0 Å². The molecule has 0 radical (unpaired) electrons. The van der Waals surface area contributed by atoms with Crippen molar-refractivity contribution >= 4 is 0 Å². The van der Waals surface area contributed by atoms with Crippen LogP contribution in [0.2, 0.25) is 0 Å². The van der Waals surface area contributed by atoms with Crippen molar-refractivity contribution in [3.63, 3.8) is 0 Å². The minimum Gasteiger partial charge on any atom is -0.313 e. The van der Waals surface area contributed by atoms with Gasteiger partial charge in [0, 0.05) is 17.8 Å². The van der Waals surface area contributed by atoms with Crippen molar-refractivity contribution < 1.29 is 0 Å². The molecule has 1 aromatic heterocycles. The molecule has 104 valence electrons. The van der Waals surface area contributed by atoms with Crippen molar-refractivity contribution in [2.45, 2.75) is 72.4 Å². The lowest BCUT2D eigenvalue weighted by atomic mass is 10.1. The maximum atomic E-state index is 4.63. The van der Waals surface area contributed by atoms with Crippen LogP contribution in [-0.2, 0) is 13.0 Å². The Morgan fingerprint density at radius 2 is 1.89 bits per heavy atom. The van der Waals surface area contributed by atoms with Gasteiger partial charge in [-0.1, -0.05) is 34.1 Å². The van der Waals surface area contributed by atoms with E-state index in [9.17, 15) is 0 Å². The summed E-state index contributed by atoms with van der Waals surface area (Å²) in [7, 11) is 0. The molecule has 1 heterocycles. The average molecular weight is 251 g/mol. The Kier molecular flexibility index (Phi) is 7.02. The fourth-order valence-corrected chi connectivity index (χ4v) is 2.43. The van der Waals surface area contributed by atoms with E-state index >= 15 is 0 Å². The highest BCUT2D eigenvalue weighted by Gasteiger charge is 2.15. The van der Waals surface area contributed by atoms with Gasteiger partial charge in [0.15, 0.2) is 0 Å². The first kappa shape index (κ1) is 15.2. The highest BCUT2D eigenvalue weighted by Crippen LogP contribution is 2.21. The van der Waals surface area contributed by atoms with E-state index in [2.05, 4.69) is 49.0 Å². The normalized spacial score (nSPS) is 11.4. The molecule has 0 saturated heterocycles. The van der Waals surface area contributed by atoms with Gasteiger partial charge in [-0.2, -0.15) is 5.10 Å². The smallest absolute Gasteiger partial charge is 0.0537 e. The van der Waals surface area contributed by atoms with Crippen LogP contribution < -0.4 is 5.32 Å². The van der Waals surface area contributed by atoms with Crippen LogP contribution in [0, 0.1) is 0 Å². The Hall–Kier alpha value is -0.830. The molecule has 1 N–H and O–H groups in total. The van der Waals surface area contributed by atoms with Crippen molar-refractivity contribution in [3.05, 3.63) is 17.5 Å². The maximum Gasteiger partial charge on any atom is 0.0537 e. The number of hydrogen-bond donors (Lipinski definition) is 1. The van der Waals surface area contributed by atoms with Gasteiger partial charge in [-0.3, -0.25) is 4.68 Å². The van der Waals surface area contributed by atoms with E-state index in [-0.39, 0.29) is 0 Å². The van der Waals surface area contributed by atoms with E-state index in [1.807, 2.05) is 0 Å². The lowest BCUT2D eigenvalue weighted by molar-refractivity contribution is 0.412. The number of aromatic nitrogens is 2. The molecule has 0 saturated carbocycles. The predicted molar refractivity (Wildman–Crippen MR) is 77.8 cm³/mol. The van der Waals surface area contributed by atoms with Gasteiger partial charge in [0.1, 0.15) is 0 Å². The standard InChI is InChI=1S/C15H29N3/c1-5-9-15-13(11-16-10-6-2)12-17-18(15)14(7-3)8-4/h12,14,16H,5-11H2,1-4H3. The SMILES string of the molecule is CCCNCc1cnn(C(CC)CC)c1CCC.